The monoisotopic (exact) mass is 251 g/mol. The molecule has 1 aliphatic rings. The molecular weight excluding hydrogens is 230 g/mol. The van der Waals surface area contributed by atoms with Crippen molar-refractivity contribution >= 4 is 17.2 Å². The van der Waals surface area contributed by atoms with Crippen LogP contribution in [0, 0.1) is 5.92 Å². The van der Waals surface area contributed by atoms with E-state index in [-0.39, 0.29) is 11.9 Å². The van der Waals surface area contributed by atoms with Gasteiger partial charge >= 0.3 is 0 Å². The van der Waals surface area contributed by atoms with Crippen LogP contribution in [0.15, 0.2) is 17.5 Å². The van der Waals surface area contributed by atoms with Crippen molar-refractivity contribution in [2.45, 2.75) is 51.5 Å². The van der Waals surface area contributed by atoms with Crippen molar-refractivity contribution in [3.8, 4) is 0 Å². The van der Waals surface area contributed by atoms with Gasteiger partial charge in [-0.05, 0) is 30.7 Å². The largest absolute Gasteiger partial charge is 0.349 e. The van der Waals surface area contributed by atoms with Gasteiger partial charge in [-0.15, -0.1) is 11.3 Å². The van der Waals surface area contributed by atoms with Crippen LogP contribution in [0.25, 0.3) is 0 Å². The van der Waals surface area contributed by atoms with Crippen molar-refractivity contribution in [2.75, 3.05) is 0 Å². The molecule has 1 saturated carbocycles. The van der Waals surface area contributed by atoms with Crippen molar-refractivity contribution < 1.29 is 4.79 Å². The molecule has 2 nitrogen and oxygen atoms in total. The summed E-state index contributed by atoms with van der Waals surface area (Å²) in [4.78, 5) is 13.0. The van der Waals surface area contributed by atoms with Crippen LogP contribution in [-0.4, -0.2) is 5.91 Å². The summed E-state index contributed by atoms with van der Waals surface area (Å²) in [5.41, 5.74) is 0. The molecule has 0 saturated heterocycles. The van der Waals surface area contributed by atoms with Crippen LogP contribution < -0.4 is 5.32 Å². The summed E-state index contributed by atoms with van der Waals surface area (Å²) in [7, 11) is 0. The maximum Gasteiger partial charge on any atom is 0.220 e. The summed E-state index contributed by atoms with van der Waals surface area (Å²) in [6.07, 6.45) is 7.14. The van der Waals surface area contributed by atoms with Gasteiger partial charge in [0.05, 0.1) is 6.04 Å². The summed E-state index contributed by atoms with van der Waals surface area (Å²) in [5, 5.41) is 5.13. The average molecular weight is 251 g/mol. The minimum absolute atomic E-state index is 0.158. The molecule has 1 heterocycles. The molecule has 0 spiro atoms. The third kappa shape index (κ3) is 3.84. The molecule has 0 aromatic carbocycles. The van der Waals surface area contributed by atoms with Gasteiger partial charge in [-0.25, -0.2) is 0 Å². The number of amides is 1. The molecule has 0 aliphatic heterocycles. The lowest BCUT2D eigenvalue weighted by atomic mass is 10.0. The van der Waals surface area contributed by atoms with Crippen molar-refractivity contribution in [1.82, 2.24) is 5.32 Å². The van der Waals surface area contributed by atoms with Crippen LogP contribution in [-0.2, 0) is 4.79 Å². The first-order valence-electron chi connectivity index (χ1n) is 6.58. The van der Waals surface area contributed by atoms with E-state index in [9.17, 15) is 4.79 Å². The van der Waals surface area contributed by atoms with Crippen LogP contribution in [0.5, 0.6) is 0 Å². The van der Waals surface area contributed by atoms with E-state index in [1.807, 2.05) is 6.07 Å². The van der Waals surface area contributed by atoms with Crippen LogP contribution >= 0.6 is 11.3 Å². The number of nitrogens with one attached hydrogen (secondary N) is 1. The number of rotatable bonds is 5. The molecule has 1 amide bonds. The third-order valence-corrected chi connectivity index (χ3v) is 4.66. The number of carbonyl (C=O) groups is 1. The van der Waals surface area contributed by atoms with Gasteiger partial charge in [-0.3, -0.25) is 4.79 Å². The fraction of sp³-hybridized carbons (Fsp3) is 0.643. The van der Waals surface area contributed by atoms with Gasteiger partial charge in [0.15, 0.2) is 0 Å². The molecule has 0 bridgehead atoms. The standard InChI is InChI=1S/C14H21NOS/c1-11(13-7-4-10-17-13)15-14(16)9-8-12-5-2-3-6-12/h4,7,10-12H,2-3,5-6,8-9H2,1H3,(H,15,16). The van der Waals surface area contributed by atoms with Crippen LogP contribution in [0.2, 0.25) is 0 Å². The number of thiophene rings is 1. The summed E-state index contributed by atoms with van der Waals surface area (Å²) < 4.78 is 0. The second-order valence-corrected chi connectivity index (χ2v) is 5.97. The summed E-state index contributed by atoms with van der Waals surface area (Å²) >= 11 is 1.70. The number of carbonyl (C=O) groups excluding carboxylic acids is 1. The molecular formula is C14H21NOS. The van der Waals surface area contributed by atoms with Gasteiger partial charge in [0.25, 0.3) is 0 Å². The minimum Gasteiger partial charge on any atom is -0.349 e. The Bertz CT molecular complexity index is 341. The van der Waals surface area contributed by atoms with Crippen molar-refractivity contribution in [3.05, 3.63) is 22.4 Å². The van der Waals surface area contributed by atoms with E-state index in [1.165, 1.54) is 30.6 Å². The quantitative estimate of drug-likeness (QED) is 0.845. The lowest BCUT2D eigenvalue weighted by molar-refractivity contribution is -0.122. The number of hydrogen-bond donors (Lipinski definition) is 1. The fourth-order valence-corrected chi connectivity index (χ4v) is 3.29. The first kappa shape index (κ1) is 12.6. The number of hydrogen-bond acceptors (Lipinski definition) is 2. The van der Waals surface area contributed by atoms with E-state index in [2.05, 4.69) is 23.7 Å². The topological polar surface area (TPSA) is 29.1 Å². The van der Waals surface area contributed by atoms with Gasteiger partial charge in [-0.1, -0.05) is 31.7 Å². The molecule has 1 aromatic heterocycles. The predicted molar refractivity (Wildman–Crippen MR) is 72.1 cm³/mol. The van der Waals surface area contributed by atoms with Crippen LogP contribution in [0.4, 0.5) is 0 Å². The van der Waals surface area contributed by atoms with E-state index in [4.69, 9.17) is 0 Å². The van der Waals surface area contributed by atoms with E-state index < -0.39 is 0 Å². The van der Waals surface area contributed by atoms with Crippen LogP contribution in [0.1, 0.15) is 56.4 Å². The zero-order chi connectivity index (χ0) is 12.1. The van der Waals surface area contributed by atoms with Gasteiger partial charge < -0.3 is 5.32 Å². The Labute approximate surface area is 107 Å². The molecule has 2 rings (SSSR count). The maximum atomic E-state index is 11.8. The zero-order valence-electron chi connectivity index (χ0n) is 10.4. The van der Waals surface area contributed by atoms with Crippen LogP contribution in [0.3, 0.4) is 0 Å². The molecule has 94 valence electrons. The Balaban J connectivity index is 1.69. The van der Waals surface area contributed by atoms with Crippen molar-refractivity contribution in [2.24, 2.45) is 5.92 Å². The van der Waals surface area contributed by atoms with E-state index in [1.54, 1.807) is 11.3 Å². The minimum atomic E-state index is 0.158. The highest BCUT2D eigenvalue weighted by Gasteiger charge is 2.17. The fourth-order valence-electron chi connectivity index (χ4n) is 2.56. The van der Waals surface area contributed by atoms with Gasteiger partial charge in [-0.2, -0.15) is 0 Å². The highest BCUT2D eigenvalue weighted by atomic mass is 32.1. The maximum absolute atomic E-state index is 11.8. The van der Waals surface area contributed by atoms with E-state index >= 15 is 0 Å². The molecule has 1 aromatic rings. The van der Waals surface area contributed by atoms with Gasteiger partial charge in [0, 0.05) is 11.3 Å². The van der Waals surface area contributed by atoms with Gasteiger partial charge in [0.1, 0.15) is 0 Å². The summed E-state index contributed by atoms with van der Waals surface area (Å²) in [6, 6.07) is 4.26. The zero-order valence-corrected chi connectivity index (χ0v) is 11.3. The highest BCUT2D eigenvalue weighted by molar-refractivity contribution is 7.10. The Morgan fingerprint density at radius 3 is 2.94 bits per heavy atom. The molecule has 1 atom stereocenters. The highest BCUT2D eigenvalue weighted by Crippen LogP contribution is 2.28. The van der Waals surface area contributed by atoms with Crippen molar-refractivity contribution in [1.29, 1.82) is 0 Å². The second-order valence-electron chi connectivity index (χ2n) is 4.99. The lowest BCUT2D eigenvalue weighted by Crippen LogP contribution is -2.26. The van der Waals surface area contributed by atoms with E-state index in [0.29, 0.717) is 6.42 Å². The molecule has 1 aliphatic carbocycles. The Morgan fingerprint density at radius 2 is 2.29 bits per heavy atom. The Hall–Kier alpha value is -0.830. The summed E-state index contributed by atoms with van der Waals surface area (Å²) in [6.45, 7) is 2.05. The molecule has 17 heavy (non-hydrogen) atoms. The van der Waals surface area contributed by atoms with Crippen molar-refractivity contribution in [3.63, 3.8) is 0 Å². The normalized spacial score (nSPS) is 18.2. The Morgan fingerprint density at radius 1 is 1.53 bits per heavy atom. The summed E-state index contributed by atoms with van der Waals surface area (Å²) in [5.74, 6) is 1.01. The molecule has 0 radical (unpaired) electrons. The molecule has 1 N–H and O–H groups in total. The molecule has 3 heteroatoms. The predicted octanol–water partition coefficient (Wildman–Crippen LogP) is 3.90. The SMILES string of the molecule is CC(NC(=O)CCC1CCCC1)c1cccs1. The molecule has 1 unspecified atom stereocenters. The van der Waals surface area contributed by atoms with E-state index in [0.717, 1.165) is 12.3 Å². The second kappa shape index (κ2) is 6.20. The third-order valence-electron chi connectivity index (χ3n) is 3.60. The molecule has 1 fully saturated rings. The van der Waals surface area contributed by atoms with Gasteiger partial charge in [0.2, 0.25) is 5.91 Å². The lowest BCUT2D eigenvalue weighted by Gasteiger charge is -2.13. The smallest absolute Gasteiger partial charge is 0.220 e. The first-order chi connectivity index (χ1) is 8.25. The Kier molecular flexibility index (Phi) is 4.60. The first-order valence-corrected chi connectivity index (χ1v) is 7.46. The average Bonchev–Trinajstić information content (AvgIpc) is 2.99.